The monoisotopic (exact) mass is 178 g/mol. The van der Waals surface area contributed by atoms with Crippen LogP contribution in [0.1, 0.15) is 57.8 Å². The van der Waals surface area contributed by atoms with Gasteiger partial charge in [0.1, 0.15) is 0 Å². The fraction of sp³-hybridized carbons (Fsp3) is 0.692. The first-order chi connectivity index (χ1) is 6.39. The van der Waals surface area contributed by atoms with Crippen molar-refractivity contribution in [3.05, 3.63) is 24.3 Å². The Kier molecular flexibility index (Phi) is 5.64. The smallest absolute Gasteiger partial charge is 0.0285 e. The van der Waals surface area contributed by atoms with E-state index in [0.717, 1.165) is 0 Å². The van der Waals surface area contributed by atoms with Crippen molar-refractivity contribution in [2.45, 2.75) is 57.8 Å². The molecule has 0 saturated carbocycles. The van der Waals surface area contributed by atoms with E-state index in [0.29, 0.717) is 0 Å². The predicted molar refractivity (Wildman–Crippen MR) is 59.8 cm³/mol. The molecule has 0 spiro atoms. The van der Waals surface area contributed by atoms with Crippen LogP contribution in [0.25, 0.3) is 0 Å². The second-order valence-corrected chi connectivity index (χ2v) is 4.07. The van der Waals surface area contributed by atoms with Crippen LogP contribution in [-0.2, 0) is 0 Å². The van der Waals surface area contributed by atoms with E-state index in [4.69, 9.17) is 0 Å². The van der Waals surface area contributed by atoms with Crippen molar-refractivity contribution in [3.63, 3.8) is 0 Å². The number of allylic oxidation sites excluding steroid dienone is 3. The Morgan fingerprint density at radius 3 is 2.23 bits per heavy atom. The van der Waals surface area contributed by atoms with Crippen molar-refractivity contribution in [2.24, 2.45) is 0 Å². The summed E-state index contributed by atoms with van der Waals surface area (Å²) in [6, 6.07) is 0. The molecular weight excluding hydrogens is 156 g/mol. The van der Waals surface area contributed by atoms with E-state index >= 15 is 0 Å². The van der Waals surface area contributed by atoms with E-state index in [9.17, 15) is 0 Å². The topological polar surface area (TPSA) is 0 Å². The van der Waals surface area contributed by atoms with Crippen molar-refractivity contribution in [1.82, 2.24) is 0 Å². The van der Waals surface area contributed by atoms with Crippen LogP contribution in [-0.4, -0.2) is 0 Å². The summed E-state index contributed by atoms with van der Waals surface area (Å²) < 4.78 is 0. The van der Waals surface area contributed by atoms with Crippen molar-refractivity contribution >= 4 is 0 Å². The summed E-state index contributed by atoms with van der Waals surface area (Å²) >= 11 is 0. The van der Waals surface area contributed by atoms with E-state index in [-0.39, 0.29) is 0 Å². The van der Waals surface area contributed by atoms with Gasteiger partial charge in [0.15, 0.2) is 0 Å². The minimum atomic E-state index is 1.20. The molecule has 0 saturated heterocycles. The average molecular weight is 178 g/mol. The zero-order valence-corrected chi connectivity index (χ0v) is 8.73. The Bertz CT molecular complexity index is 165. The van der Waals surface area contributed by atoms with Crippen LogP contribution in [0.4, 0.5) is 0 Å². The molecule has 13 heavy (non-hydrogen) atoms. The minimum Gasteiger partial charge on any atom is -0.0958 e. The zero-order valence-electron chi connectivity index (χ0n) is 8.73. The highest BCUT2D eigenvalue weighted by Gasteiger charge is 1.94. The Morgan fingerprint density at radius 1 is 0.846 bits per heavy atom. The molecule has 0 atom stereocenters. The van der Waals surface area contributed by atoms with Gasteiger partial charge in [0, 0.05) is 0 Å². The molecule has 1 rings (SSSR count). The van der Waals surface area contributed by atoms with Crippen LogP contribution in [0.5, 0.6) is 0 Å². The molecule has 0 N–H and O–H groups in total. The second kappa shape index (κ2) is 6.94. The standard InChI is InChI=1S/C13H22/c1-13-11-9-7-5-3-2-4-6-8-10-12-13/h9,11H,1-8,10,12H2. The highest BCUT2D eigenvalue weighted by molar-refractivity contribution is 5.13. The normalized spacial score (nSPS) is 22.0. The van der Waals surface area contributed by atoms with Gasteiger partial charge < -0.3 is 0 Å². The van der Waals surface area contributed by atoms with Crippen molar-refractivity contribution in [3.8, 4) is 0 Å². The lowest BCUT2D eigenvalue weighted by Gasteiger charge is -2.04. The first-order valence-electron chi connectivity index (χ1n) is 5.74. The number of hydrogen-bond donors (Lipinski definition) is 0. The van der Waals surface area contributed by atoms with E-state index in [1.54, 1.807) is 0 Å². The lowest BCUT2D eigenvalue weighted by atomic mass is 10.0. The third kappa shape index (κ3) is 5.68. The fourth-order valence-electron chi connectivity index (χ4n) is 1.83. The molecule has 0 unspecified atom stereocenters. The molecule has 0 aromatic carbocycles. The summed E-state index contributed by atoms with van der Waals surface area (Å²) in [4.78, 5) is 0. The van der Waals surface area contributed by atoms with Gasteiger partial charge in [-0.15, -0.1) is 0 Å². The van der Waals surface area contributed by atoms with E-state index < -0.39 is 0 Å². The molecule has 0 amide bonds. The molecule has 0 aliphatic heterocycles. The van der Waals surface area contributed by atoms with Crippen LogP contribution in [0.2, 0.25) is 0 Å². The summed E-state index contributed by atoms with van der Waals surface area (Å²) in [6.07, 6.45) is 16.8. The zero-order chi connectivity index (χ0) is 9.36. The Hall–Kier alpha value is -0.520. The number of hydrogen-bond acceptors (Lipinski definition) is 0. The first kappa shape index (κ1) is 10.6. The summed E-state index contributed by atoms with van der Waals surface area (Å²) in [6.45, 7) is 4.06. The van der Waals surface area contributed by atoms with Gasteiger partial charge in [-0.05, 0) is 25.7 Å². The lowest BCUT2D eigenvalue weighted by Crippen LogP contribution is -1.84. The quantitative estimate of drug-likeness (QED) is 0.507. The SMILES string of the molecule is C=C1C=CCCCCCCCCC1. The third-order valence-corrected chi connectivity index (χ3v) is 2.72. The van der Waals surface area contributed by atoms with Crippen molar-refractivity contribution < 1.29 is 0 Å². The molecule has 1 aliphatic rings. The average Bonchev–Trinajstić information content (AvgIpc) is 2.11. The Balaban J connectivity index is 2.26. The maximum atomic E-state index is 4.06. The maximum absolute atomic E-state index is 4.06. The highest BCUT2D eigenvalue weighted by Crippen LogP contribution is 2.14. The summed E-state index contributed by atoms with van der Waals surface area (Å²) in [5, 5.41) is 0. The molecule has 0 aromatic heterocycles. The van der Waals surface area contributed by atoms with Gasteiger partial charge in [0.2, 0.25) is 0 Å². The van der Waals surface area contributed by atoms with Crippen LogP contribution in [0, 0.1) is 0 Å². The summed E-state index contributed by atoms with van der Waals surface area (Å²) in [7, 11) is 0. The Morgan fingerprint density at radius 2 is 1.46 bits per heavy atom. The molecule has 0 bridgehead atoms. The van der Waals surface area contributed by atoms with Gasteiger partial charge in [-0.1, -0.05) is 56.4 Å². The van der Waals surface area contributed by atoms with Crippen molar-refractivity contribution in [2.75, 3.05) is 0 Å². The predicted octanol–water partition coefficient (Wildman–Crippen LogP) is 4.62. The van der Waals surface area contributed by atoms with Gasteiger partial charge in [-0.3, -0.25) is 0 Å². The molecule has 74 valence electrons. The minimum absolute atomic E-state index is 1.20. The summed E-state index contributed by atoms with van der Waals surface area (Å²) in [5.41, 5.74) is 1.32. The van der Waals surface area contributed by atoms with E-state index in [2.05, 4.69) is 18.7 Å². The van der Waals surface area contributed by atoms with Crippen molar-refractivity contribution in [1.29, 1.82) is 0 Å². The molecule has 0 nitrogen and oxygen atoms in total. The molecular formula is C13H22. The largest absolute Gasteiger partial charge is 0.0958 e. The van der Waals surface area contributed by atoms with Gasteiger partial charge in [-0.2, -0.15) is 0 Å². The molecule has 0 aromatic rings. The Labute approximate surface area is 82.7 Å². The number of rotatable bonds is 0. The van der Waals surface area contributed by atoms with Gasteiger partial charge >= 0.3 is 0 Å². The van der Waals surface area contributed by atoms with Crippen LogP contribution in [0.15, 0.2) is 24.3 Å². The fourth-order valence-corrected chi connectivity index (χ4v) is 1.83. The highest BCUT2D eigenvalue weighted by atomic mass is 14.0. The second-order valence-electron chi connectivity index (χ2n) is 4.07. The first-order valence-corrected chi connectivity index (χ1v) is 5.74. The van der Waals surface area contributed by atoms with E-state index in [1.165, 1.54) is 63.4 Å². The van der Waals surface area contributed by atoms with Crippen LogP contribution in [0.3, 0.4) is 0 Å². The maximum Gasteiger partial charge on any atom is -0.0285 e. The van der Waals surface area contributed by atoms with Gasteiger partial charge in [-0.25, -0.2) is 0 Å². The van der Waals surface area contributed by atoms with Gasteiger partial charge in [0.25, 0.3) is 0 Å². The van der Waals surface area contributed by atoms with Gasteiger partial charge in [0.05, 0.1) is 0 Å². The van der Waals surface area contributed by atoms with Crippen LogP contribution < -0.4 is 0 Å². The van der Waals surface area contributed by atoms with Crippen LogP contribution >= 0.6 is 0 Å². The molecule has 0 heteroatoms. The van der Waals surface area contributed by atoms with E-state index in [1.807, 2.05) is 0 Å². The summed E-state index contributed by atoms with van der Waals surface area (Å²) in [5.74, 6) is 0. The third-order valence-electron chi connectivity index (χ3n) is 2.72. The molecule has 0 fully saturated rings. The molecule has 0 radical (unpaired) electrons. The molecule has 1 aliphatic carbocycles. The lowest BCUT2D eigenvalue weighted by molar-refractivity contribution is 0.579. The molecule has 0 heterocycles.